The lowest BCUT2D eigenvalue weighted by molar-refractivity contribution is -0.119. The fourth-order valence-electron chi connectivity index (χ4n) is 2.99. The van der Waals surface area contributed by atoms with Gasteiger partial charge < -0.3 is 5.32 Å². The average molecular weight is 455 g/mol. The minimum Gasteiger partial charge on any atom is -0.344 e. The molecule has 0 aliphatic heterocycles. The molecule has 2 aromatic carbocycles. The van der Waals surface area contributed by atoms with Crippen molar-refractivity contribution in [3.8, 4) is 0 Å². The fourth-order valence-corrected chi connectivity index (χ4v) is 4.46. The lowest BCUT2D eigenvalue weighted by Crippen LogP contribution is -2.30. The van der Waals surface area contributed by atoms with Crippen molar-refractivity contribution in [2.24, 2.45) is 0 Å². The lowest BCUT2D eigenvalue weighted by atomic mass is 9.99. The highest BCUT2D eigenvalue weighted by molar-refractivity contribution is 7.99. The molecule has 8 heteroatoms. The molecule has 2 heterocycles. The molecule has 1 atom stereocenters. The summed E-state index contributed by atoms with van der Waals surface area (Å²) in [6.07, 6.45) is 0.712. The van der Waals surface area contributed by atoms with Crippen molar-refractivity contribution in [2.75, 3.05) is 5.75 Å². The second-order valence-corrected chi connectivity index (χ2v) is 8.98. The summed E-state index contributed by atoms with van der Waals surface area (Å²) in [5.74, 6) is 0.935. The first kappa shape index (κ1) is 20.7. The smallest absolute Gasteiger partial charge is 0.231 e. The summed E-state index contributed by atoms with van der Waals surface area (Å²) in [4.78, 5) is 18.4. The van der Waals surface area contributed by atoms with Crippen LogP contribution < -0.4 is 5.32 Å². The number of hydrogen-bond donors (Lipinski definition) is 2. The Labute approximate surface area is 187 Å². The number of thioether (sulfide) groups is 1. The monoisotopic (exact) mass is 454 g/mol. The molecular weight excluding hydrogens is 436 g/mol. The second kappa shape index (κ2) is 9.93. The third-order valence-electron chi connectivity index (χ3n) is 4.41. The lowest BCUT2D eigenvalue weighted by Gasteiger charge is -2.20. The number of carbonyl (C=O) groups is 1. The summed E-state index contributed by atoms with van der Waals surface area (Å²) < 4.78 is 0. The maximum Gasteiger partial charge on any atom is 0.231 e. The number of rotatable bonds is 8. The molecule has 4 rings (SSSR count). The molecule has 4 aromatic rings. The van der Waals surface area contributed by atoms with Crippen LogP contribution in [-0.4, -0.2) is 26.8 Å². The van der Waals surface area contributed by atoms with Crippen molar-refractivity contribution in [3.05, 3.63) is 99.0 Å². The number of aromatic amines is 1. The second-order valence-electron chi connectivity index (χ2n) is 6.57. The molecule has 30 heavy (non-hydrogen) atoms. The van der Waals surface area contributed by atoms with Crippen LogP contribution in [0.1, 0.15) is 27.9 Å². The molecule has 1 amide bonds. The van der Waals surface area contributed by atoms with Crippen LogP contribution >= 0.6 is 34.7 Å². The van der Waals surface area contributed by atoms with Crippen molar-refractivity contribution in [2.45, 2.75) is 17.6 Å². The van der Waals surface area contributed by atoms with Gasteiger partial charge in [-0.2, -0.15) is 0 Å². The fraction of sp³-hybridized carbons (Fsp3) is 0.136. The van der Waals surface area contributed by atoms with E-state index in [1.54, 1.807) is 11.3 Å². The van der Waals surface area contributed by atoms with Gasteiger partial charge in [0, 0.05) is 16.3 Å². The first-order valence-electron chi connectivity index (χ1n) is 9.33. The molecule has 2 aromatic heterocycles. The van der Waals surface area contributed by atoms with Crippen molar-refractivity contribution in [1.82, 2.24) is 20.5 Å². The predicted octanol–water partition coefficient (Wildman–Crippen LogP) is 5.11. The zero-order valence-electron chi connectivity index (χ0n) is 15.9. The zero-order valence-corrected chi connectivity index (χ0v) is 18.3. The van der Waals surface area contributed by atoms with E-state index in [0.717, 1.165) is 17.0 Å². The van der Waals surface area contributed by atoms with Crippen molar-refractivity contribution < 1.29 is 4.79 Å². The van der Waals surface area contributed by atoms with Gasteiger partial charge in [-0.3, -0.25) is 9.89 Å². The van der Waals surface area contributed by atoms with E-state index in [9.17, 15) is 4.79 Å². The van der Waals surface area contributed by atoms with Crippen LogP contribution in [0.2, 0.25) is 5.02 Å². The first-order valence-corrected chi connectivity index (χ1v) is 11.6. The van der Waals surface area contributed by atoms with Gasteiger partial charge in [0.1, 0.15) is 5.82 Å². The van der Waals surface area contributed by atoms with Gasteiger partial charge in [0.15, 0.2) is 0 Å². The maximum absolute atomic E-state index is 12.7. The molecule has 0 saturated heterocycles. The number of nitrogens with zero attached hydrogens (tertiary/aromatic N) is 2. The van der Waals surface area contributed by atoms with Crippen LogP contribution in [0.25, 0.3) is 0 Å². The van der Waals surface area contributed by atoms with Gasteiger partial charge in [0.2, 0.25) is 11.1 Å². The average Bonchev–Trinajstić information content (AvgIpc) is 3.44. The number of benzene rings is 2. The van der Waals surface area contributed by atoms with E-state index in [1.165, 1.54) is 16.6 Å². The quantitative estimate of drug-likeness (QED) is 0.363. The molecule has 0 spiro atoms. The van der Waals surface area contributed by atoms with Crippen LogP contribution in [0.15, 0.2) is 77.3 Å². The molecule has 5 nitrogen and oxygen atoms in total. The molecule has 0 bridgehead atoms. The van der Waals surface area contributed by atoms with Crippen LogP contribution in [0, 0.1) is 0 Å². The molecule has 0 aliphatic carbocycles. The van der Waals surface area contributed by atoms with Crippen LogP contribution in [0.5, 0.6) is 0 Å². The van der Waals surface area contributed by atoms with E-state index in [1.807, 2.05) is 66.0 Å². The molecule has 152 valence electrons. The van der Waals surface area contributed by atoms with Gasteiger partial charge in [-0.15, -0.1) is 16.4 Å². The number of carbonyl (C=O) groups excluding carboxylic acids is 1. The van der Waals surface area contributed by atoms with Crippen LogP contribution in [0.3, 0.4) is 0 Å². The summed E-state index contributed by atoms with van der Waals surface area (Å²) in [6, 6.07) is 21.2. The van der Waals surface area contributed by atoms with E-state index in [4.69, 9.17) is 11.6 Å². The van der Waals surface area contributed by atoms with E-state index in [-0.39, 0.29) is 17.7 Å². The topological polar surface area (TPSA) is 70.7 Å². The standard InChI is InChI=1S/C22H19ClN4OS2/c23-17-10-8-16(9-11-17)21(15-5-2-1-3-6-15)25-20(28)14-30-22-24-19(26-27-22)13-18-7-4-12-29-18/h1-12,21H,13-14H2,(H,25,28)(H,24,26,27). The third kappa shape index (κ3) is 5.50. The number of hydrogen-bond acceptors (Lipinski definition) is 5. The number of thiophene rings is 1. The van der Waals surface area contributed by atoms with E-state index < -0.39 is 0 Å². The highest BCUT2D eigenvalue weighted by Gasteiger charge is 2.17. The molecular formula is C22H19ClN4OS2. The molecule has 0 fully saturated rings. The van der Waals surface area contributed by atoms with Crippen LogP contribution in [0.4, 0.5) is 0 Å². The van der Waals surface area contributed by atoms with Crippen molar-refractivity contribution >= 4 is 40.6 Å². The first-order chi connectivity index (χ1) is 14.7. The van der Waals surface area contributed by atoms with E-state index in [2.05, 4.69) is 26.6 Å². The number of halogens is 1. The Hall–Kier alpha value is -2.61. The zero-order chi connectivity index (χ0) is 20.8. The predicted molar refractivity (Wildman–Crippen MR) is 122 cm³/mol. The minimum absolute atomic E-state index is 0.0894. The third-order valence-corrected chi connectivity index (χ3v) is 6.38. The SMILES string of the molecule is O=C(CSc1n[nH]c(Cc2cccs2)n1)NC(c1ccccc1)c1ccc(Cl)cc1. The summed E-state index contributed by atoms with van der Waals surface area (Å²) in [5.41, 5.74) is 1.98. The van der Waals surface area contributed by atoms with E-state index in [0.29, 0.717) is 16.6 Å². The Morgan fingerprint density at radius 1 is 1.07 bits per heavy atom. The van der Waals surface area contributed by atoms with E-state index >= 15 is 0 Å². The Morgan fingerprint density at radius 3 is 2.57 bits per heavy atom. The largest absolute Gasteiger partial charge is 0.344 e. The van der Waals surface area contributed by atoms with Crippen molar-refractivity contribution in [3.63, 3.8) is 0 Å². The summed E-state index contributed by atoms with van der Waals surface area (Å²) in [6.45, 7) is 0. The Balaban J connectivity index is 1.39. The van der Waals surface area contributed by atoms with Gasteiger partial charge in [-0.1, -0.05) is 71.9 Å². The molecule has 1 unspecified atom stereocenters. The summed E-state index contributed by atoms with van der Waals surface area (Å²) in [5, 5.41) is 13.5. The molecule has 2 N–H and O–H groups in total. The Bertz CT molecular complexity index is 1080. The summed E-state index contributed by atoms with van der Waals surface area (Å²) in [7, 11) is 0. The highest BCUT2D eigenvalue weighted by Crippen LogP contribution is 2.24. The minimum atomic E-state index is -0.252. The summed E-state index contributed by atoms with van der Waals surface area (Å²) >= 11 is 9.02. The number of H-pyrrole nitrogens is 1. The Kier molecular flexibility index (Phi) is 6.84. The normalized spacial score (nSPS) is 11.9. The molecule has 0 radical (unpaired) electrons. The van der Waals surface area contributed by atoms with Gasteiger partial charge in [-0.05, 0) is 34.7 Å². The van der Waals surface area contributed by atoms with Gasteiger partial charge in [0.05, 0.1) is 11.8 Å². The molecule has 0 saturated carbocycles. The molecule has 0 aliphatic rings. The number of aromatic nitrogens is 3. The highest BCUT2D eigenvalue weighted by atomic mass is 35.5. The van der Waals surface area contributed by atoms with Gasteiger partial charge in [0.25, 0.3) is 0 Å². The van der Waals surface area contributed by atoms with Gasteiger partial charge in [-0.25, -0.2) is 4.98 Å². The van der Waals surface area contributed by atoms with Crippen LogP contribution in [-0.2, 0) is 11.2 Å². The van der Waals surface area contributed by atoms with Crippen molar-refractivity contribution in [1.29, 1.82) is 0 Å². The van der Waals surface area contributed by atoms with Gasteiger partial charge >= 0.3 is 0 Å². The maximum atomic E-state index is 12.7. The number of nitrogens with one attached hydrogen (secondary N) is 2. The Morgan fingerprint density at radius 2 is 1.83 bits per heavy atom. The number of amides is 1.